The first kappa shape index (κ1) is 32.0. The number of pyridine rings is 1. The number of hydrogen-bond acceptors (Lipinski definition) is 9. The lowest BCUT2D eigenvalue weighted by Crippen LogP contribution is -2.48. The number of urea groups is 1. The maximum Gasteiger partial charge on any atom is 0.330 e. The van der Waals surface area contributed by atoms with Gasteiger partial charge in [-0.3, -0.25) is 19.6 Å². The average Bonchev–Trinajstić information content (AvgIpc) is 3.04. The molecular formula is C33H33F2N7O4. The van der Waals surface area contributed by atoms with Gasteiger partial charge in [0.05, 0.1) is 39.2 Å². The van der Waals surface area contributed by atoms with Crippen molar-refractivity contribution in [2.45, 2.75) is 19.5 Å². The number of carbonyl (C=O) groups excluding carboxylic acids is 2. The van der Waals surface area contributed by atoms with Gasteiger partial charge in [-0.05, 0) is 43.4 Å². The summed E-state index contributed by atoms with van der Waals surface area (Å²) in [6.45, 7) is 0.392. The minimum absolute atomic E-state index is 0.0193. The van der Waals surface area contributed by atoms with Crippen molar-refractivity contribution in [3.63, 3.8) is 0 Å². The molecule has 0 saturated carbocycles. The first-order chi connectivity index (χ1) is 22.2. The van der Waals surface area contributed by atoms with E-state index in [1.807, 2.05) is 31.1 Å². The Kier molecular flexibility index (Phi) is 9.82. The van der Waals surface area contributed by atoms with Crippen molar-refractivity contribution < 1.29 is 27.8 Å². The Hall–Kier alpha value is -5.43. The molecule has 1 aliphatic rings. The van der Waals surface area contributed by atoms with Gasteiger partial charge >= 0.3 is 6.03 Å². The molecular weight excluding hydrogens is 596 g/mol. The highest BCUT2D eigenvalue weighted by Gasteiger charge is 2.38. The number of ketones is 1. The molecule has 238 valence electrons. The number of methoxy groups -OCH3 is 2. The zero-order chi connectivity index (χ0) is 32.8. The normalized spacial score (nSPS) is 12.9. The molecule has 3 heterocycles. The van der Waals surface area contributed by atoms with Crippen LogP contribution in [-0.4, -0.2) is 66.5 Å². The van der Waals surface area contributed by atoms with Crippen molar-refractivity contribution in [1.82, 2.24) is 19.9 Å². The number of anilines is 4. The molecule has 1 N–H and O–H groups in total. The van der Waals surface area contributed by atoms with E-state index in [1.54, 1.807) is 48.8 Å². The molecule has 0 fully saturated rings. The number of likely N-dealkylation sites (N-methyl/N-ethyl adjacent to an activating group) is 1. The first-order valence-electron chi connectivity index (χ1n) is 14.3. The molecule has 0 atom stereocenters. The fraction of sp³-hybridized carbons (Fsp3) is 0.242. The van der Waals surface area contributed by atoms with Crippen LogP contribution >= 0.6 is 0 Å². The molecule has 0 aliphatic carbocycles. The van der Waals surface area contributed by atoms with Gasteiger partial charge in [-0.15, -0.1) is 0 Å². The van der Waals surface area contributed by atoms with E-state index in [-0.39, 0.29) is 48.6 Å². The number of fused-ring (bicyclic) bond motifs is 1. The second-order valence-corrected chi connectivity index (χ2v) is 10.7. The summed E-state index contributed by atoms with van der Waals surface area (Å²) < 4.78 is 41.5. The molecule has 2 amide bonds. The Labute approximate surface area is 265 Å². The third kappa shape index (κ3) is 7.10. The number of hydrogen-bond donors (Lipinski definition) is 1. The molecule has 0 spiro atoms. The van der Waals surface area contributed by atoms with Gasteiger partial charge in [0.1, 0.15) is 11.5 Å². The second kappa shape index (κ2) is 14.1. The topological polar surface area (TPSA) is 113 Å². The highest BCUT2D eigenvalue weighted by Crippen LogP contribution is 2.41. The Balaban J connectivity index is 1.53. The number of allylic oxidation sites excluding steroid dienone is 1. The zero-order valence-corrected chi connectivity index (χ0v) is 25.8. The van der Waals surface area contributed by atoms with Gasteiger partial charge in [0.25, 0.3) is 0 Å². The largest absolute Gasteiger partial charge is 0.493 e. The van der Waals surface area contributed by atoms with Gasteiger partial charge in [-0.2, -0.15) is 4.98 Å². The molecule has 5 rings (SSSR count). The summed E-state index contributed by atoms with van der Waals surface area (Å²) in [5.74, 6) is -2.31. The number of nitrogens with zero attached hydrogens (tertiary/aromatic N) is 6. The lowest BCUT2D eigenvalue weighted by atomic mass is 10.0. The standard InChI is InChI=1S/C33H33F2N7O4/c1-40(2)13-7-11-25(43)15-21-8-5-9-22(14-21)19-42-31-23(17-37-32(39-31)38-24-10-6-12-36-18-24)20-41(33(42)44)30-28(34)26(45-3)16-27(46-4)29(30)35/h5-12,14,16-18H,13,15,19-20H2,1-4H3,(H,37,38,39)/b11-7+. The number of carbonyl (C=O) groups is 2. The predicted octanol–water partition coefficient (Wildman–Crippen LogP) is 5.29. The summed E-state index contributed by atoms with van der Waals surface area (Å²) in [4.78, 5) is 44.1. The quantitative estimate of drug-likeness (QED) is 0.209. The van der Waals surface area contributed by atoms with Crippen LogP contribution in [0.4, 0.5) is 36.7 Å². The SMILES string of the molecule is COc1cc(OC)c(F)c(N2Cc3cnc(Nc4cccnc4)nc3N(Cc3cccc(CC(=O)/C=C/CN(C)C)c3)C2=O)c1F. The van der Waals surface area contributed by atoms with Gasteiger partial charge < -0.3 is 19.7 Å². The van der Waals surface area contributed by atoms with E-state index in [2.05, 4.69) is 20.3 Å². The molecule has 0 saturated heterocycles. The minimum atomic E-state index is -1.06. The van der Waals surface area contributed by atoms with E-state index in [4.69, 9.17) is 9.47 Å². The number of benzene rings is 2. The molecule has 0 radical (unpaired) electrons. The van der Waals surface area contributed by atoms with Crippen LogP contribution < -0.4 is 24.6 Å². The first-order valence-corrected chi connectivity index (χ1v) is 14.3. The fourth-order valence-electron chi connectivity index (χ4n) is 4.95. The van der Waals surface area contributed by atoms with Crippen molar-refractivity contribution in [3.8, 4) is 11.5 Å². The molecule has 1 aliphatic heterocycles. The summed E-state index contributed by atoms with van der Waals surface area (Å²) >= 11 is 0. The third-order valence-corrected chi connectivity index (χ3v) is 7.11. The van der Waals surface area contributed by atoms with Crippen LogP contribution in [0.15, 0.2) is 73.2 Å². The second-order valence-electron chi connectivity index (χ2n) is 10.7. The zero-order valence-electron chi connectivity index (χ0n) is 25.8. The van der Waals surface area contributed by atoms with E-state index < -0.39 is 23.4 Å². The maximum absolute atomic E-state index is 15.6. The lowest BCUT2D eigenvalue weighted by molar-refractivity contribution is -0.114. The molecule has 13 heteroatoms. The summed E-state index contributed by atoms with van der Waals surface area (Å²) in [6.07, 6.45) is 8.23. The molecule has 2 aromatic heterocycles. The van der Waals surface area contributed by atoms with Crippen molar-refractivity contribution >= 4 is 35.0 Å². The van der Waals surface area contributed by atoms with Crippen molar-refractivity contribution in [2.75, 3.05) is 50.0 Å². The Morgan fingerprint density at radius 2 is 1.78 bits per heavy atom. The number of amides is 2. The minimum Gasteiger partial charge on any atom is -0.493 e. The van der Waals surface area contributed by atoms with Gasteiger partial charge in [0.15, 0.2) is 28.9 Å². The lowest BCUT2D eigenvalue weighted by Gasteiger charge is -2.36. The molecule has 46 heavy (non-hydrogen) atoms. The predicted molar refractivity (Wildman–Crippen MR) is 170 cm³/mol. The van der Waals surface area contributed by atoms with Crippen LogP contribution in [0.3, 0.4) is 0 Å². The van der Waals surface area contributed by atoms with Gasteiger partial charge in [-0.25, -0.2) is 18.6 Å². The van der Waals surface area contributed by atoms with E-state index in [0.717, 1.165) is 16.5 Å². The Morgan fingerprint density at radius 3 is 2.46 bits per heavy atom. The van der Waals surface area contributed by atoms with Gasteiger partial charge in [0, 0.05) is 37.0 Å². The van der Waals surface area contributed by atoms with Crippen LogP contribution in [0, 0.1) is 11.6 Å². The Morgan fingerprint density at radius 1 is 1.04 bits per heavy atom. The highest BCUT2D eigenvalue weighted by molar-refractivity contribution is 6.05. The smallest absolute Gasteiger partial charge is 0.330 e. The van der Waals surface area contributed by atoms with Crippen LogP contribution in [0.5, 0.6) is 11.5 Å². The van der Waals surface area contributed by atoms with Crippen LogP contribution in [-0.2, 0) is 24.3 Å². The number of aromatic nitrogens is 3. The number of rotatable bonds is 12. The average molecular weight is 630 g/mol. The van der Waals surface area contributed by atoms with Crippen LogP contribution in [0.2, 0.25) is 0 Å². The van der Waals surface area contributed by atoms with Crippen molar-refractivity contribution in [3.05, 3.63) is 102 Å². The van der Waals surface area contributed by atoms with Crippen molar-refractivity contribution in [1.29, 1.82) is 0 Å². The molecule has 0 unspecified atom stereocenters. The summed E-state index contributed by atoms with van der Waals surface area (Å²) in [5, 5.41) is 3.06. The highest BCUT2D eigenvalue weighted by atomic mass is 19.1. The number of nitrogens with one attached hydrogen (secondary N) is 1. The van der Waals surface area contributed by atoms with Gasteiger partial charge in [-0.1, -0.05) is 30.3 Å². The fourth-order valence-corrected chi connectivity index (χ4v) is 4.95. The Bertz CT molecular complexity index is 1740. The van der Waals surface area contributed by atoms with E-state index in [0.29, 0.717) is 23.4 Å². The summed E-state index contributed by atoms with van der Waals surface area (Å²) in [7, 11) is 6.30. The van der Waals surface area contributed by atoms with E-state index in [1.165, 1.54) is 25.3 Å². The molecule has 11 nitrogen and oxygen atoms in total. The van der Waals surface area contributed by atoms with Crippen LogP contribution in [0.1, 0.15) is 16.7 Å². The van der Waals surface area contributed by atoms with Gasteiger partial charge in [0.2, 0.25) is 5.95 Å². The number of ether oxygens (including phenoxy) is 2. The third-order valence-electron chi connectivity index (χ3n) is 7.11. The molecule has 0 bridgehead atoms. The molecule has 4 aromatic rings. The summed E-state index contributed by atoms with van der Waals surface area (Å²) in [6, 6.07) is 11.1. The van der Waals surface area contributed by atoms with E-state index >= 15 is 8.78 Å². The maximum atomic E-state index is 15.6. The monoisotopic (exact) mass is 629 g/mol. The van der Waals surface area contributed by atoms with E-state index in [9.17, 15) is 9.59 Å². The van der Waals surface area contributed by atoms with Crippen molar-refractivity contribution in [2.24, 2.45) is 0 Å². The van der Waals surface area contributed by atoms with Crippen LogP contribution in [0.25, 0.3) is 0 Å². The molecule has 2 aromatic carbocycles. The number of halogens is 2. The summed E-state index contributed by atoms with van der Waals surface area (Å²) in [5.41, 5.74) is 1.86.